The molecule has 1 saturated heterocycles. The molecule has 1 fully saturated rings. The maximum atomic E-state index is 9.12. The van der Waals surface area contributed by atoms with E-state index in [1.807, 2.05) is 0 Å². The summed E-state index contributed by atoms with van der Waals surface area (Å²) in [6, 6.07) is 1.57. The topological polar surface area (TPSA) is 35.5 Å². The fraction of sp³-hybridized carbons (Fsp3) is 1.00. The molecule has 0 aromatic rings. The van der Waals surface area contributed by atoms with Crippen LogP contribution >= 0.6 is 0 Å². The first-order chi connectivity index (χ1) is 7.17. The number of nitrogens with one attached hydrogen (secondary N) is 1. The summed E-state index contributed by atoms with van der Waals surface area (Å²) in [7, 11) is 0. The standard InChI is InChI=1S/C12H26N2O/c1-4-11(9-15)13-12-5-7-14(8-6-12)10(2)3/h10-13,15H,4-9H2,1-3H3/t11-/m0/s1. The van der Waals surface area contributed by atoms with Crippen molar-refractivity contribution >= 4 is 0 Å². The van der Waals surface area contributed by atoms with Gasteiger partial charge in [-0.3, -0.25) is 0 Å². The van der Waals surface area contributed by atoms with E-state index in [4.69, 9.17) is 5.11 Å². The van der Waals surface area contributed by atoms with E-state index in [1.165, 1.54) is 25.9 Å². The van der Waals surface area contributed by atoms with Crippen molar-refractivity contribution in [2.75, 3.05) is 19.7 Å². The van der Waals surface area contributed by atoms with E-state index >= 15 is 0 Å². The van der Waals surface area contributed by atoms with E-state index in [0.717, 1.165) is 6.42 Å². The Hall–Kier alpha value is -0.120. The molecule has 3 nitrogen and oxygen atoms in total. The molecular formula is C12H26N2O. The van der Waals surface area contributed by atoms with Crippen LogP contribution in [0.15, 0.2) is 0 Å². The van der Waals surface area contributed by atoms with Crippen molar-refractivity contribution in [2.45, 2.75) is 58.2 Å². The molecule has 0 aromatic carbocycles. The van der Waals surface area contributed by atoms with Crippen LogP contribution in [0.3, 0.4) is 0 Å². The maximum Gasteiger partial charge on any atom is 0.0584 e. The molecule has 0 bridgehead atoms. The van der Waals surface area contributed by atoms with Crippen molar-refractivity contribution in [3.05, 3.63) is 0 Å². The monoisotopic (exact) mass is 214 g/mol. The third kappa shape index (κ3) is 4.09. The Balaban J connectivity index is 2.25. The highest BCUT2D eigenvalue weighted by atomic mass is 16.3. The second-order valence-electron chi connectivity index (χ2n) is 4.86. The summed E-state index contributed by atoms with van der Waals surface area (Å²) >= 11 is 0. The van der Waals surface area contributed by atoms with Crippen molar-refractivity contribution in [1.82, 2.24) is 10.2 Å². The predicted octanol–water partition coefficient (Wildman–Crippen LogP) is 1.22. The van der Waals surface area contributed by atoms with Crippen LogP contribution in [0, 0.1) is 0 Å². The Labute approximate surface area is 93.9 Å². The second-order valence-corrected chi connectivity index (χ2v) is 4.86. The molecule has 2 N–H and O–H groups in total. The molecule has 1 aliphatic rings. The molecule has 0 amide bonds. The lowest BCUT2D eigenvalue weighted by atomic mass is 10.0. The average Bonchev–Trinajstić information content (AvgIpc) is 2.26. The highest BCUT2D eigenvalue weighted by Gasteiger charge is 2.21. The zero-order chi connectivity index (χ0) is 11.3. The van der Waals surface area contributed by atoms with Crippen LogP contribution in [0.25, 0.3) is 0 Å². The lowest BCUT2D eigenvalue weighted by molar-refractivity contribution is 0.145. The molecule has 0 unspecified atom stereocenters. The second kappa shape index (κ2) is 6.46. The Bertz CT molecular complexity index is 161. The normalized spacial score (nSPS) is 22.2. The SMILES string of the molecule is CC[C@@H](CO)NC1CCN(C(C)C)CC1. The quantitative estimate of drug-likeness (QED) is 0.722. The third-order valence-corrected chi connectivity index (χ3v) is 3.44. The summed E-state index contributed by atoms with van der Waals surface area (Å²) in [4.78, 5) is 2.53. The minimum absolute atomic E-state index is 0.265. The average molecular weight is 214 g/mol. The van der Waals surface area contributed by atoms with Crippen molar-refractivity contribution < 1.29 is 5.11 Å². The third-order valence-electron chi connectivity index (χ3n) is 3.44. The van der Waals surface area contributed by atoms with Gasteiger partial charge in [-0.2, -0.15) is 0 Å². The van der Waals surface area contributed by atoms with Crippen LogP contribution < -0.4 is 5.32 Å². The molecule has 3 heteroatoms. The molecule has 0 aromatic heterocycles. The van der Waals surface area contributed by atoms with Crippen molar-refractivity contribution in [3.8, 4) is 0 Å². The van der Waals surface area contributed by atoms with Crippen LogP contribution in [-0.2, 0) is 0 Å². The first-order valence-corrected chi connectivity index (χ1v) is 6.28. The fourth-order valence-electron chi connectivity index (χ4n) is 2.22. The van der Waals surface area contributed by atoms with Crippen molar-refractivity contribution in [3.63, 3.8) is 0 Å². The molecule has 0 radical (unpaired) electrons. The molecule has 1 rings (SSSR count). The molecule has 1 heterocycles. The van der Waals surface area contributed by atoms with Gasteiger partial charge in [-0.1, -0.05) is 6.92 Å². The maximum absolute atomic E-state index is 9.12. The summed E-state index contributed by atoms with van der Waals surface area (Å²) in [5.41, 5.74) is 0. The van der Waals surface area contributed by atoms with Gasteiger partial charge >= 0.3 is 0 Å². The molecule has 0 spiro atoms. The van der Waals surface area contributed by atoms with Gasteiger partial charge in [0.2, 0.25) is 0 Å². The van der Waals surface area contributed by atoms with Crippen LogP contribution in [-0.4, -0.2) is 47.8 Å². The largest absolute Gasteiger partial charge is 0.395 e. The highest BCUT2D eigenvalue weighted by Crippen LogP contribution is 2.13. The van der Waals surface area contributed by atoms with Crippen LogP contribution in [0.4, 0.5) is 0 Å². The fourth-order valence-corrected chi connectivity index (χ4v) is 2.22. The summed E-state index contributed by atoms with van der Waals surface area (Å²) in [5.74, 6) is 0. The predicted molar refractivity (Wildman–Crippen MR) is 64.0 cm³/mol. The molecule has 90 valence electrons. The number of aliphatic hydroxyl groups excluding tert-OH is 1. The van der Waals surface area contributed by atoms with Crippen molar-refractivity contribution in [1.29, 1.82) is 0 Å². The van der Waals surface area contributed by atoms with Gasteiger partial charge < -0.3 is 15.3 Å². The molecule has 1 atom stereocenters. The van der Waals surface area contributed by atoms with Crippen LogP contribution in [0.5, 0.6) is 0 Å². The lowest BCUT2D eigenvalue weighted by Crippen LogP contribution is -2.48. The van der Waals surface area contributed by atoms with Crippen LogP contribution in [0.2, 0.25) is 0 Å². The van der Waals surface area contributed by atoms with Crippen molar-refractivity contribution in [2.24, 2.45) is 0 Å². The molecular weight excluding hydrogens is 188 g/mol. The van der Waals surface area contributed by atoms with Gasteiger partial charge in [-0.05, 0) is 46.2 Å². The number of hydrogen-bond acceptors (Lipinski definition) is 3. The van der Waals surface area contributed by atoms with Gasteiger partial charge in [-0.15, -0.1) is 0 Å². The summed E-state index contributed by atoms with van der Waals surface area (Å²) in [6.07, 6.45) is 3.45. The highest BCUT2D eigenvalue weighted by molar-refractivity contribution is 4.81. The number of piperidine rings is 1. The molecule has 0 aliphatic carbocycles. The Morgan fingerprint density at radius 1 is 1.33 bits per heavy atom. The van der Waals surface area contributed by atoms with E-state index in [1.54, 1.807) is 0 Å². The van der Waals surface area contributed by atoms with E-state index in [0.29, 0.717) is 18.1 Å². The Kier molecular flexibility index (Phi) is 5.58. The van der Waals surface area contributed by atoms with Crippen LogP contribution in [0.1, 0.15) is 40.0 Å². The van der Waals surface area contributed by atoms with Gasteiger partial charge in [0.25, 0.3) is 0 Å². The Morgan fingerprint density at radius 2 is 1.93 bits per heavy atom. The molecule has 15 heavy (non-hydrogen) atoms. The minimum Gasteiger partial charge on any atom is -0.395 e. The van der Waals surface area contributed by atoms with E-state index < -0.39 is 0 Å². The van der Waals surface area contributed by atoms with Gasteiger partial charge in [0.1, 0.15) is 0 Å². The summed E-state index contributed by atoms with van der Waals surface area (Å²) < 4.78 is 0. The van der Waals surface area contributed by atoms with E-state index in [9.17, 15) is 0 Å². The minimum atomic E-state index is 0.265. The molecule has 1 aliphatic heterocycles. The zero-order valence-corrected chi connectivity index (χ0v) is 10.4. The number of nitrogens with zero attached hydrogens (tertiary/aromatic N) is 1. The first kappa shape index (κ1) is 12.9. The van der Waals surface area contributed by atoms with E-state index in [-0.39, 0.29) is 6.61 Å². The van der Waals surface area contributed by atoms with Gasteiger partial charge in [0.05, 0.1) is 6.61 Å². The Morgan fingerprint density at radius 3 is 2.33 bits per heavy atom. The summed E-state index contributed by atoms with van der Waals surface area (Å²) in [6.45, 7) is 9.29. The van der Waals surface area contributed by atoms with Gasteiger partial charge in [0, 0.05) is 18.1 Å². The lowest BCUT2D eigenvalue weighted by Gasteiger charge is -2.36. The zero-order valence-electron chi connectivity index (χ0n) is 10.4. The number of aliphatic hydroxyl groups is 1. The summed E-state index contributed by atoms with van der Waals surface area (Å²) in [5, 5.41) is 12.7. The number of hydrogen-bond donors (Lipinski definition) is 2. The van der Waals surface area contributed by atoms with Gasteiger partial charge in [-0.25, -0.2) is 0 Å². The number of rotatable bonds is 5. The molecule has 0 saturated carbocycles. The smallest absolute Gasteiger partial charge is 0.0584 e. The van der Waals surface area contributed by atoms with Gasteiger partial charge in [0.15, 0.2) is 0 Å². The number of likely N-dealkylation sites (tertiary alicyclic amines) is 1. The van der Waals surface area contributed by atoms with E-state index in [2.05, 4.69) is 31.0 Å². The first-order valence-electron chi connectivity index (χ1n) is 6.28.